The number of ether oxygens (including phenoxy) is 2. The number of carbonyl (C=O) groups excluding carboxylic acids is 2. The van der Waals surface area contributed by atoms with Gasteiger partial charge in [0.25, 0.3) is 0 Å². The van der Waals surface area contributed by atoms with E-state index in [1.807, 2.05) is 30.3 Å². The molecule has 122 valence electrons. The maximum atomic E-state index is 11.8. The van der Waals surface area contributed by atoms with Crippen LogP contribution in [0.2, 0.25) is 0 Å². The highest BCUT2D eigenvalue weighted by Crippen LogP contribution is 2.15. The first-order chi connectivity index (χ1) is 10.3. The van der Waals surface area contributed by atoms with Gasteiger partial charge in [-0.15, -0.1) is 0 Å². The molecule has 1 unspecified atom stereocenters. The summed E-state index contributed by atoms with van der Waals surface area (Å²) in [5.74, 6) is -1.60. The molecule has 0 aliphatic heterocycles. The third-order valence-electron chi connectivity index (χ3n) is 2.90. The zero-order valence-electron chi connectivity index (χ0n) is 13.4. The average Bonchev–Trinajstić information content (AvgIpc) is 2.45. The maximum Gasteiger partial charge on any atom is 0.311 e. The first kappa shape index (κ1) is 18.2. The zero-order valence-corrected chi connectivity index (χ0v) is 13.4. The lowest BCUT2D eigenvalue weighted by Crippen LogP contribution is -2.30. The highest BCUT2D eigenvalue weighted by Gasteiger charge is 2.25. The molecule has 0 spiro atoms. The van der Waals surface area contributed by atoms with Crippen molar-refractivity contribution in [2.75, 3.05) is 6.61 Å². The molecule has 0 saturated heterocycles. The van der Waals surface area contributed by atoms with Crippen molar-refractivity contribution >= 4 is 11.9 Å². The molecule has 0 aliphatic carbocycles. The van der Waals surface area contributed by atoms with Gasteiger partial charge in [-0.1, -0.05) is 30.3 Å². The molecular weight excluding hydrogens is 284 g/mol. The molecule has 0 bridgehead atoms. The minimum absolute atomic E-state index is 0.0668. The van der Waals surface area contributed by atoms with E-state index in [4.69, 9.17) is 9.47 Å². The van der Waals surface area contributed by atoms with Crippen LogP contribution in [0.4, 0.5) is 0 Å². The number of hydrogen-bond donors (Lipinski definition) is 1. The Morgan fingerprint density at radius 2 is 1.82 bits per heavy atom. The molecule has 0 radical (unpaired) electrons. The van der Waals surface area contributed by atoms with Crippen LogP contribution in [0.1, 0.15) is 39.2 Å². The summed E-state index contributed by atoms with van der Waals surface area (Å²) >= 11 is 0. The Kier molecular flexibility index (Phi) is 7.05. The molecular formula is C17H24O5. The summed E-state index contributed by atoms with van der Waals surface area (Å²) in [5.41, 5.74) is 0.292. The third-order valence-corrected chi connectivity index (χ3v) is 2.90. The SMILES string of the molecule is CC(C)(C)OC(=O)C(CO)CCC(=O)OCc1ccccc1. The van der Waals surface area contributed by atoms with Gasteiger partial charge in [0.1, 0.15) is 12.2 Å². The van der Waals surface area contributed by atoms with Crippen molar-refractivity contribution in [2.45, 2.75) is 45.8 Å². The zero-order chi connectivity index (χ0) is 16.6. The Bertz CT molecular complexity index is 476. The number of rotatable bonds is 7. The van der Waals surface area contributed by atoms with E-state index in [1.165, 1.54) is 0 Å². The number of benzene rings is 1. The van der Waals surface area contributed by atoms with Crippen molar-refractivity contribution < 1.29 is 24.2 Å². The minimum Gasteiger partial charge on any atom is -0.461 e. The van der Waals surface area contributed by atoms with Gasteiger partial charge in [0.2, 0.25) is 0 Å². The lowest BCUT2D eigenvalue weighted by Gasteiger charge is -2.22. The monoisotopic (exact) mass is 308 g/mol. The fourth-order valence-electron chi connectivity index (χ4n) is 1.77. The van der Waals surface area contributed by atoms with Crippen LogP contribution < -0.4 is 0 Å². The van der Waals surface area contributed by atoms with E-state index in [1.54, 1.807) is 20.8 Å². The Labute approximate surface area is 131 Å². The van der Waals surface area contributed by atoms with E-state index in [0.29, 0.717) is 0 Å². The van der Waals surface area contributed by atoms with Crippen LogP contribution in [0.15, 0.2) is 30.3 Å². The number of carbonyl (C=O) groups is 2. The molecule has 0 aliphatic rings. The number of hydrogen-bond acceptors (Lipinski definition) is 5. The minimum atomic E-state index is -0.705. The summed E-state index contributed by atoms with van der Waals surface area (Å²) < 4.78 is 10.3. The first-order valence-corrected chi connectivity index (χ1v) is 7.35. The Hall–Kier alpha value is -1.88. The van der Waals surface area contributed by atoms with Crippen LogP contribution in [-0.4, -0.2) is 29.3 Å². The normalized spacial score (nSPS) is 12.5. The van der Waals surface area contributed by atoms with Gasteiger partial charge in [0.15, 0.2) is 0 Å². The van der Waals surface area contributed by atoms with E-state index >= 15 is 0 Å². The van der Waals surface area contributed by atoms with Crippen molar-refractivity contribution in [1.29, 1.82) is 0 Å². The van der Waals surface area contributed by atoms with Gasteiger partial charge in [-0.25, -0.2) is 0 Å². The van der Waals surface area contributed by atoms with Crippen LogP contribution >= 0.6 is 0 Å². The second-order valence-corrected chi connectivity index (χ2v) is 6.10. The molecule has 0 aromatic heterocycles. The highest BCUT2D eigenvalue weighted by atomic mass is 16.6. The highest BCUT2D eigenvalue weighted by molar-refractivity contribution is 5.75. The molecule has 1 N–H and O–H groups in total. The van der Waals surface area contributed by atoms with Crippen LogP contribution in [0.5, 0.6) is 0 Å². The van der Waals surface area contributed by atoms with Gasteiger partial charge in [0, 0.05) is 6.42 Å². The standard InChI is InChI=1S/C17H24O5/c1-17(2,3)22-16(20)14(11-18)9-10-15(19)21-12-13-7-5-4-6-8-13/h4-8,14,18H,9-12H2,1-3H3. The van der Waals surface area contributed by atoms with Crippen molar-refractivity contribution in [3.63, 3.8) is 0 Å². The van der Waals surface area contributed by atoms with E-state index < -0.39 is 23.5 Å². The van der Waals surface area contributed by atoms with Crippen molar-refractivity contribution in [2.24, 2.45) is 5.92 Å². The smallest absolute Gasteiger partial charge is 0.311 e. The first-order valence-electron chi connectivity index (χ1n) is 7.35. The van der Waals surface area contributed by atoms with Gasteiger partial charge in [0.05, 0.1) is 12.5 Å². The topological polar surface area (TPSA) is 72.8 Å². The second kappa shape index (κ2) is 8.54. The lowest BCUT2D eigenvalue weighted by atomic mass is 10.0. The van der Waals surface area contributed by atoms with Crippen LogP contribution in [0.25, 0.3) is 0 Å². The summed E-state index contributed by atoms with van der Waals surface area (Å²) in [6, 6.07) is 9.36. The number of esters is 2. The lowest BCUT2D eigenvalue weighted by molar-refractivity contribution is -0.162. The fourth-order valence-corrected chi connectivity index (χ4v) is 1.77. The number of aliphatic hydroxyl groups is 1. The fraction of sp³-hybridized carbons (Fsp3) is 0.529. The number of aliphatic hydroxyl groups excluding tert-OH is 1. The van der Waals surface area contributed by atoms with Crippen molar-refractivity contribution in [3.8, 4) is 0 Å². The van der Waals surface area contributed by atoms with Crippen molar-refractivity contribution in [1.82, 2.24) is 0 Å². The Balaban J connectivity index is 2.36. The van der Waals surface area contributed by atoms with Gasteiger partial charge in [-0.3, -0.25) is 9.59 Å². The largest absolute Gasteiger partial charge is 0.461 e. The molecule has 5 nitrogen and oxygen atoms in total. The summed E-state index contributed by atoms with van der Waals surface area (Å²) in [6.07, 6.45) is 0.274. The molecule has 1 rings (SSSR count). The van der Waals surface area contributed by atoms with Crippen LogP contribution in [0.3, 0.4) is 0 Å². The average molecular weight is 308 g/mol. The molecule has 1 aromatic rings. The van der Waals surface area contributed by atoms with Gasteiger partial charge in [-0.05, 0) is 32.8 Å². The predicted octanol–water partition coefficient (Wildman–Crippen LogP) is 2.46. The summed E-state index contributed by atoms with van der Waals surface area (Å²) in [5, 5.41) is 9.26. The summed E-state index contributed by atoms with van der Waals surface area (Å²) in [7, 11) is 0. The molecule has 5 heteroatoms. The molecule has 0 fully saturated rings. The summed E-state index contributed by atoms with van der Waals surface area (Å²) in [6.45, 7) is 5.13. The predicted molar refractivity (Wildman–Crippen MR) is 81.9 cm³/mol. The second-order valence-electron chi connectivity index (χ2n) is 6.10. The third kappa shape index (κ3) is 7.22. The van der Waals surface area contributed by atoms with Gasteiger partial charge < -0.3 is 14.6 Å². The maximum absolute atomic E-state index is 11.8. The molecule has 0 amide bonds. The Morgan fingerprint density at radius 1 is 1.18 bits per heavy atom. The van der Waals surface area contributed by atoms with Crippen molar-refractivity contribution in [3.05, 3.63) is 35.9 Å². The summed E-state index contributed by atoms with van der Waals surface area (Å²) in [4.78, 5) is 23.5. The van der Waals surface area contributed by atoms with Gasteiger partial charge >= 0.3 is 11.9 Å². The van der Waals surface area contributed by atoms with Crippen LogP contribution in [-0.2, 0) is 25.7 Å². The van der Waals surface area contributed by atoms with E-state index in [-0.39, 0.29) is 26.1 Å². The molecule has 1 aromatic carbocycles. The molecule has 0 heterocycles. The van der Waals surface area contributed by atoms with E-state index in [0.717, 1.165) is 5.56 Å². The van der Waals surface area contributed by atoms with Crippen LogP contribution in [0, 0.1) is 5.92 Å². The Morgan fingerprint density at radius 3 is 2.36 bits per heavy atom. The van der Waals surface area contributed by atoms with E-state index in [2.05, 4.69) is 0 Å². The molecule has 22 heavy (non-hydrogen) atoms. The molecule has 0 saturated carbocycles. The quantitative estimate of drug-likeness (QED) is 0.783. The van der Waals surface area contributed by atoms with E-state index in [9.17, 15) is 14.7 Å². The molecule has 1 atom stereocenters. The van der Waals surface area contributed by atoms with Gasteiger partial charge in [-0.2, -0.15) is 0 Å².